The fourth-order valence-corrected chi connectivity index (χ4v) is 2.01. The molecule has 1 atom stereocenters. The van der Waals surface area contributed by atoms with Crippen LogP contribution in [0.4, 0.5) is 0 Å². The third-order valence-corrected chi connectivity index (χ3v) is 3.14. The molecule has 0 bridgehead atoms. The number of carbonyl (C=O) groups is 2. The van der Waals surface area contributed by atoms with Gasteiger partial charge >= 0.3 is 0 Å². The van der Waals surface area contributed by atoms with Crippen LogP contribution in [0, 0.1) is 0 Å². The molecule has 1 aromatic carbocycles. The van der Waals surface area contributed by atoms with Crippen molar-refractivity contribution in [2.24, 2.45) is 0 Å². The van der Waals surface area contributed by atoms with Crippen LogP contribution in [-0.2, 0) is 16.1 Å². The Hall–Kier alpha value is -2.28. The van der Waals surface area contributed by atoms with Gasteiger partial charge in [0, 0.05) is 12.6 Å². The molecule has 0 saturated heterocycles. The van der Waals surface area contributed by atoms with E-state index in [0.29, 0.717) is 18.0 Å². The summed E-state index contributed by atoms with van der Waals surface area (Å²) in [7, 11) is 6.62. The van der Waals surface area contributed by atoms with E-state index in [0.717, 1.165) is 10.5 Å². The Labute approximate surface area is 130 Å². The van der Waals surface area contributed by atoms with Crippen LogP contribution in [0.1, 0.15) is 5.56 Å². The third kappa shape index (κ3) is 5.61. The van der Waals surface area contributed by atoms with Crippen LogP contribution in [0.2, 0.25) is 0 Å². The second kappa shape index (κ2) is 8.89. The van der Waals surface area contributed by atoms with E-state index in [9.17, 15) is 9.59 Å². The van der Waals surface area contributed by atoms with Crippen LogP contribution in [0.25, 0.3) is 0 Å². The van der Waals surface area contributed by atoms with Crippen LogP contribution in [0.5, 0.6) is 11.5 Å². The van der Waals surface area contributed by atoms with E-state index in [-0.39, 0.29) is 24.9 Å². The molecule has 7 heteroatoms. The Balaban J connectivity index is 2.52. The summed E-state index contributed by atoms with van der Waals surface area (Å²) in [5, 5.41) is 5.03. The average molecular weight is 310 g/mol. The molecule has 0 saturated carbocycles. The van der Waals surface area contributed by atoms with Crippen molar-refractivity contribution >= 4 is 11.8 Å². The second-order valence-corrected chi connectivity index (χ2v) is 4.95. The molecule has 1 rings (SSSR count). The molecule has 22 heavy (non-hydrogen) atoms. The maximum atomic E-state index is 11.7. The highest BCUT2D eigenvalue weighted by atomic mass is 16.5. The Bertz CT molecular complexity index is 520. The number of benzene rings is 1. The summed E-state index contributed by atoms with van der Waals surface area (Å²) in [4.78, 5) is 23.8. The molecule has 0 radical (unpaired) electrons. The maximum absolute atomic E-state index is 11.7. The van der Waals surface area contributed by atoms with Crippen LogP contribution >= 0.6 is 0 Å². The van der Waals surface area contributed by atoms with Crippen molar-refractivity contribution in [1.29, 1.82) is 0 Å². The number of rotatable bonds is 8. The van der Waals surface area contributed by atoms with Gasteiger partial charge < -0.3 is 25.0 Å². The fraction of sp³-hybridized carbons (Fsp3) is 0.467. The van der Waals surface area contributed by atoms with Crippen molar-refractivity contribution in [3.05, 3.63) is 23.8 Å². The Kier molecular flexibility index (Phi) is 7.18. The molecule has 7 nitrogen and oxygen atoms in total. The van der Waals surface area contributed by atoms with E-state index in [4.69, 9.17) is 9.47 Å². The monoisotopic (exact) mass is 310 g/mol. The van der Waals surface area contributed by atoms with Crippen LogP contribution < -0.4 is 25.0 Å². The van der Waals surface area contributed by atoms with Crippen molar-refractivity contribution in [1.82, 2.24) is 10.6 Å². The Morgan fingerprint density at radius 3 is 2.41 bits per heavy atom. The molecule has 0 aliphatic carbocycles. The lowest BCUT2D eigenvalue weighted by Gasteiger charge is -2.15. The summed E-state index contributed by atoms with van der Waals surface area (Å²) in [6, 6.07) is 5.67. The Morgan fingerprint density at radius 1 is 1.14 bits per heavy atom. The van der Waals surface area contributed by atoms with Crippen molar-refractivity contribution in [2.45, 2.75) is 6.54 Å². The average Bonchev–Trinajstić information content (AvgIpc) is 2.52. The molecule has 0 aliphatic heterocycles. The van der Waals surface area contributed by atoms with Gasteiger partial charge in [-0.1, -0.05) is 0 Å². The summed E-state index contributed by atoms with van der Waals surface area (Å²) in [6.45, 7) is 0.943. The molecule has 2 amide bonds. The van der Waals surface area contributed by atoms with E-state index in [1.807, 2.05) is 25.2 Å². The summed E-state index contributed by atoms with van der Waals surface area (Å²) in [6.07, 6.45) is 0. The number of hydrogen-bond donors (Lipinski definition) is 3. The summed E-state index contributed by atoms with van der Waals surface area (Å²) >= 11 is 0. The summed E-state index contributed by atoms with van der Waals surface area (Å²) in [5.74, 6) is 0.955. The van der Waals surface area contributed by atoms with E-state index < -0.39 is 0 Å². The zero-order chi connectivity index (χ0) is 16.5. The molecule has 0 heterocycles. The van der Waals surface area contributed by atoms with Crippen molar-refractivity contribution < 1.29 is 24.0 Å². The van der Waals surface area contributed by atoms with Crippen molar-refractivity contribution in [3.8, 4) is 11.5 Å². The van der Waals surface area contributed by atoms with Crippen LogP contribution in [-0.4, -0.2) is 53.2 Å². The molecule has 0 aromatic heterocycles. The van der Waals surface area contributed by atoms with Crippen molar-refractivity contribution in [3.63, 3.8) is 0 Å². The van der Waals surface area contributed by atoms with Crippen LogP contribution in [0.15, 0.2) is 18.2 Å². The van der Waals surface area contributed by atoms with E-state index in [1.54, 1.807) is 14.2 Å². The molecule has 3 N–H and O–H groups in total. The first-order valence-electron chi connectivity index (χ1n) is 6.99. The molecule has 0 spiro atoms. The highest BCUT2D eigenvalue weighted by Gasteiger charge is 2.13. The smallest absolute Gasteiger partial charge is 0.275 e. The minimum atomic E-state index is -0.217. The minimum absolute atomic E-state index is 0.00102. The lowest BCUT2D eigenvalue weighted by atomic mass is 10.2. The fourth-order valence-electron chi connectivity index (χ4n) is 2.01. The van der Waals surface area contributed by atoms with Gasteiger partial charge in [-0.05, 0) is 18.2 Å². The van der Waals surface area contributed by atoms with Gasteiger partial charge in [0.1, 0.15) is 6.54 Å². The third-order valence-electron chi connectivity index (χ3n) is 3.14. The van der Waals surface area contributed by atoms with Gasteiger partial charge in [0.25, 0.3) is 5.91 Å². The Morgan fingerprint density at radius 2 is 1.82 bits per heavy atom. The molecule has 1 aromatic rings. The zero-order valence-electron chi connectivity index (χ0n) is 13.5. The van der Waals surface area contributed by atoms with Crippen LogP contribution in [0.3, 0.4) is 0 Å². The molecule has 122 valence electrons. The van der Waals surface area contributed by atoms with Crippen molar-refractivity contribution in [2.75, 3.05) is 41.4 Å². The van der Waals surface area contributed by atoms with E-state index in [1.165, 1.54) is 7.05 Å². The summed E-state index contributed by atoms with van der Waals surface area (Å²) < 4.78 is 10.5. The molecule has 1 unspecified atom stereocenters. The lowest BCUT2D eigenvalue weighted by Crippen LogP contribution is -3.08. The van der Waals surface area contributed by atoms with Gasteiger partial charge in [0.2, 0.25) is 5.91 Å². The molecular formula is C15H24N3O4+. The standard InChI is InChI=1S/C15H23N3O4/c1-16-14(19)8-17-15(20)10-18(2)9-11-5-6-12(21-3)13(7-11)22-4/h5-7H,8-10H2,1-4H3,(H,16,19)(H,17,20)/p+1. The number of quaternary nitrogens is 1. The maximum Gasteiger partial charge on any atom is 0.275 e. The number of likely N-dealkylation sites (N-methyl/N-ethyl adjacent to an activating group) is 2. The molecule has 0 fully saturated rings. The largest absolute Gasteiger partial charge is 0.493 e. The van der Waals surface area contributed by atoms with Gasteiger partial charge in [-0.25, -0.2) is 0 Å². The van der Waals surface area contributed by atoms with E-state index >= 15 is 0 Å². The number of carbonyl (C=O) groups excluding carboxylic acids is 2. The number of ether oxygens (including phenoxy) is 2. The SMILES string of the molecule is CNC(=O)CNC(=O)C[NH+](C)Cc1ccc(OC)c(OC)c1. The lowest BCUT2D eigenvalue weighted by molar-refractivity contribution is -0.885. The van der Waals surface area contributed by atoms with Gasteiger partial charge in [-0.15, -0.1) is 0 Å². The van der Waals surface area contributed by atoms with Gasteiger partial charge in [-0.2, -0.15) is 0 Å². The van der Waals surface area contributed by atoms with Gasteiger partial charge in [-0.3, -0.25) is 9.59 Å². The minimum Gasteiger partial charge on any atom is -0.493 e. The molecular weight excluding hydrogens is 286 g/mol. The highest BCUT2D eigenvalue weighted by Crippen LogP contribution is 2.27. The second-order valence-electron chi connectivity index (χ2n) is 4.95. The number of hydrogen-bond acceptors (Lipinski definition) is 4. The zero-order valence-corrected chi connectivity index (χ0v) is 13.5. The topological polar surface area (TPSA) is 81.1 Å². The predicted molar refractivity (Wildman–Crippen MR) is 82.1 cm³/mol. The number of amides is 2. The first-order valence-corrected chi connectivity index (χ1v) is 6.99. The normalized spacial score (nSPS) is 11.5. The number of nitrogens with one attached hydrogen (secondary N) is 3. The summed E-state index contributed by atoms with van der Waals surface area (Å²) in [5.41, 5.74) is 1.04. The van der Waals surface area contributed by atoms with E-state index in [2.05, 4.69) is 10.6 Å². The van der Waals surface area contributed by atoms with Gasteiger partial charge in [0.15, 0.2) is 18.0 Å². The first kappa shape index (κ1) is 17.8. The molecule has 0 aliphatic rings. The predicted octanol–water partition coefficient (Wildman–Crippen LogP) is -1.42. The van der Waals surface area contributed by atoms with Gasteiger partial charge in [0.05, 0.1) is 27.8 Å². The number of methoxy groups -OCH3 is 2. The quantitative estimate of drug-likeness (QED) is 0.550. The first-order chi connectivity index (χ1) is 10.5. The highest BCUT2D eigenvalue weighted by molar-refractivity contribution is 5.84.